The molecule has 0 radical (unpaired) electrons. The van der Waals surface area contributed by atoms with E-state index in [4.69, 9.17) is 4.42 Å². The third-order valence-electron chi connectivity index (χ3n) is 4.27. The van der Waals surface area contributed by atoms with E-state index in [0.717, 1.165) is 4.90 Å². The van der Waals surface area contributed by atoms with Gasteiger partial charge in [0.15, 0.2) is 5.58 Å². The van der Waals surface area contributed by atoms with Crippen LogP contribution in [0.1, 0.15) is 30.0 Å². The number of carbonyl (C=O) groups excluding carboxylic acids is 1. The van der Waals surface area contributed by atoms with Gasteiger partial charge >= 0.3 is 11.8 Å². The second kappa shape index (κ2) is 5.35. The first kappa shape index (κ1) is 15.7. The number of para-hydroxylation sites is 2. The van der Waals surface area contributed by atoms with Crippen LogP contribution >= 0.6 is 0 Å². The number of aliphatic hydroxyl groups excluding tert-OH is 1. The van der Waals surface area contributed by atoms with Crippen molar-refractivity contribution in [3.05, 3.63) is 59.5 Å². The maximum Gasteiger partial charge on any atom is 0.352 e. The molecule has 128 valence electrons. The van der Waals surface area contributed by atoms with Gasteiger partial charge in [0, 0.05) is 0 Å². The Morgan fingerprint density at radius 3 is 2.72 bits per heavy atom. The van der Waals surface area contributed by atoms with Crippen molar-refractivity contribution in [1.29, 1.82) is 0 Å². The van der Waals surface area contributed by atoms with Crippen LogP contribution in [0.3, 0.4) is 0 Å². The minimum Gasteiger partial charge on any atom is -0.439 e. The lowest BCUT2D eigenvalue weighted by Gasteiger charge is -2.15. The first-order valence-corrected chi connectivity index (χ1v) is 7.75. The van der Waals surface area contributed by atoms with E-state index in [1.54, 1.807) is 24.3 Å². The fourth-order valence-corrected chi connectivity index (χ4v) is 3.14. The van der Waals surface area contributed by atoms with Gasteiger partial charge in [-0.2, -0.15) is 8.78 Å². The standard InChI is InChI=1S/C18H14F2N2O3/c1-10(23)11-5-4-7-13-16(11)18(19,20)17(24)22(13)9-15-21-12-6-2-3-8-14(12)25-15/h2-8,10,23H,9H2,1H3/t10-/m0/s1. The summed E-state index contributed by atoms with van der Waals surface area (Å²) in [4.78, 5) is 17.5. The normalized spacial score (nSPS) is 17.1. The highest BCUT2D eigenvalue weighted by Crippen LogP contribution is 2.47. The molecule has 2 heterocycles. The van der Waals surface area contributed by atoms with Gasteiger partial charge in [0.2, 0.25) is 5.89 Å². The fraction of sp³-hybridized carbons (Fsp3) is 0.222. The Hall–Kier alpha value is -2.80. The molecule has 0 saturated carbocycles. The topological polar surface area (TPSA) is 66.6 Å². The highest BCUT2D eigenvalue weighted by molar-refractivity contribution is 6.06. The number of hydrogen-bond acceptors (Lipinski definition) is 4. The molecule has 1 amide bonds. The number of halogens is 2. The van der Waals surface area contributed by atoms with Crippen LogP contribution in [0.25, 0.3) is 11.1 Å². The van der Waals surface area contributed by atoms with Crippen molar-refractivity contribution in [2.24, 2.45) is 0 Å². The highest BCUT2D eigenvalue weighted by Gasteiger charge is 2.54. The van der Waals surface area contributed by atoms with Crippen LogP contribution in [0.15, 0.2) is 46.9 Å². The molecule has 7 heteroatoms. The van der Waals surface area contributed by atoms with E-state index in [9.17, 15) is 18.7 Å². The molecule has 0 spiro atoms. The van der Waals surface area contributed by atoms with Crippen molar-refractivity contribution < 1.29 is 23.1 Å². The Kier molecular flexibility index (Phi) is 3.36. The van der Waals surface area contributed by atoms with Crippen LogP contribution < -0.4 is 4.90 Å². The molecule has 0 aliphatic carbocycles. The predicted molar refractivity (Wildman–Crippen MR) is 86.2 cm³/mol. The van der Waals surface area contributed by atoms with Gasteiger partial charge in [-0.15, -0.1) is 0 Å². The van der Waals surface area contributed by atoms with Gasteiger partial charge in [0.1, 0.15) is 12.1 Å². The molecular formula is C18H14F2N2O3. The summed E-state index contributed by atoms with van der Waals surface area (Å²) in [6.07, 6.45) is -1.11. The lowest BCUT2D eigenvalue weighted by atomic mass is 9.99. The van der Waals surface area contributed by atoms with Gasteiger partial charge in [-0.3, -0.25) is 9.69 Å². The van der Waals surface area contributed by atoms with Crippen LogP contribution in [-0.4, -0.2) is 16.0 Å². The number of hydrogen-bond donors (Lipinski definition) is 1. The summed E-state index contributed by atoms with van der Waals surface area (Å²) in [5.41, 5.74) is 0.764. The fourth-order valence-electron chi connectivity index (χ4n) is 3.14. The number of anilines is 1. The van der Waals surface area contributed by atoms with Gasteiger partial charge in [-0.05, 0) is 30.7 Å². The SMILES string of the molecule is C[C@H](O)c1cccc2c1C(F)(F)C(=O)N2Cc1nc2ccccc2o1. The predicted octanol–water partition coefficient (Wildman–Crippen LogP) is 3.52. The number of aliphatic hydroxyl groups is 1. The minimum atomic E-state index is -3.70. The molecule has 2 aromatic carbocycles. The second-order valence-corrected chi connectivity index (χ2v) is 5.96. The van der Waals surface area contributed by atoms with Crippen molar-refractivity contribution in [3.63, 3.8) is 0 Å². The van der Waals surface area contributed by atoms with E-state index < -0.39 is 23.5 Å². The van der Waals surface area contributed by atoms with E-state index in [1.165, 1.54) is 25.1 Å². The Morgan fingerprint density at radius 2 is 2.00 bits per heavy atom. The Labute approximate surface area is 141 Å². The molecule has 0 unspecified atom stereocenters. The number of carbonyl (C=O) groups is 1. The van der Waals surface area contributed by atoms with Gasteiger partial charge in [0.05, 0.1) is 17.4 Å². The van der Waals surface area contributed by atoms with Crippen LogP contribution in [0, 0.1) is 0 Å². The molecule has 25 heavy (non-hydrogen) atoms. The zero-order valence-corrected chi connectivity index (χ0v) is 13.2. The molecule has 0 fully saturated rings. The third-order valence-corrected chi connectivity index (χ3v) is 4.27. The quantitative estimate of drug-likeness (QED) is 0.789. The number of benzene rings is 2. The summed E-state index contributed by atoms with van der Waals surface area (Å²) in [6, 6.07) is 11.4. The number of amides is 1. The number of fused-ring (bicyclic) bond motifs is 2. The number of aromatic nitrogens is 1. The molecular weight excluding hydrogens is 330 g/mol. The monoisotopic (exact) mass is 344 g/mol. The molecule has 0 saturated heterocycles. The Morgan fingerprint density at radius 1 is 1.24 bits per heavy atom. The number of rotatable bonds is 3. The number of oxazole rings is 1. The maximum atomic E-state index is 14.6. The van der Waals surface area contributed by atoms with Gasteiger partial charge in [0.25, 0.3) is 0 Å². The van der Waals surface area contributed by atoms with Crippen molar-refractivity contribution in [1.82, 2.24) is 4.98 Å². The Balaban J connectivity index is 1.79. The zero-order chi connectivity index (χ0) is 17.8. The van der Waals surface area contributed by atoms with Gasteiger partial charge in [-0.25, -0.2) is 4.98 Å². The maximum absolute atomic E-state index is 14.6. The van der Waals surface area contributed by atoms with E-state index >= 15 is 0 Å². The molecule has 5 nitrogen and oxygen atoms in total. The van der Waals surface area contributed by atoms with Crippen molar-refractivity contribution in [2.45, 2.75) is 25.5 Å². The third kappa shape index (κ3) is 2.31. The van der Waals surface area contributed by atoms with E-state index in [0.29, 0.717) is 11.1 Å². The van der Waals surface area contributed by atoms with Crippen molar-refractivity contribution in [2.75, 3.05) is 4.90 Å². The van der Waals surface area contributed by atoms with Crippen LogP contribution in [0.2, 0.25) is 0 Å². The van der Waals surface area contributed by atoms with E-state index in [1.807, 2.05) is 0 Å². The molecule has 1 aliphatic rings. The summed E-state index contributed by atoms with van der Waals surface area (Å²) in [7, 11) is 0. The van der Waals surface area contributed by atoms with Gasteiger partial charge < -0.3 is 9.52 Å². The van der Waals surface area contributed by atoms with Crippen molar-refractivity contribution in [3.8, 4) is 0 Å². The first-order chi connectivity index (χ1) is 11.9. The van der Waals surface area contributed by atoms with Crippen LogP contribution in [-0.2, 0) is 17.3 Å². The average molecular weight is 344 g/mol. The van der Waals surface area contributed by atoms with Crippen molar-refractivity contribution >= 4 is 22.7 Å². The first-order valence-electron chi connectivity index (χ1n) is 7.75. The Bertz CT molecular complexity index is 948. The number of nitrogens with zero attached hydrogens (tertiary/aromatic N) is 2. The summed E-state index contributed by atoms with van der Waals surface area (Å²) in [5, 5.41) is 9.78. The lowest BCUT2D eigenvalue weighted by molar-refractivity contribution is -0.142. The summed E-state index contributed by atoms with van der Waals surface area (Å²) < 4.78 is 34.7. The average Bonchev–Trinajstić information content (AvgIpc) is 3.07. The highest BCUT2D eigenvalue weighted by atomic mass is 19.3. The van der Waals surface area contributed by atoms with Gasteiger partial charge in [-0.1, -0.05) is 24.3 Å². The smallest absolute Gasteiger partial charge is 0.352 e. The molecule has 3 aromatic rings. The zero-order valence-electron chi connectivity index (χ0n) is 13.2. The molecule has 1 N–H and O–H groups in total. The van der Waals surface area contributed by atoms with E-state index in [-0.39, 0.29) is 23.7 Å². The molecule has 1 atom stereocenters. The number of alkyl halides is 2. The molecule has 1 aliphatic heterocycles. The summed E-state index contributed by atoms with van der Waals surface area (Å²) >= 11 is 0. The molecule has 0 bridgehead atoms. The summed E-state index contributed by atoms with van der Waals surface area (Å²) in [5.74, 6) is -4.88. The van der Waals surface area contributed by atoms with Crippen LogP contribution in [0.4, 0.5) is 14.5 Å². The molecule has 4 rings (SSSR count). The molecule has 1 aromatic heterocycles. The summed E-state index contributed by atoms with van der Waals surface area (Å²) in [6.45, 7) is 1.18. The van der Waals surface area contributed by atoms with E-state index in [2.05, 4.69) is 4.98 Å². The second-order valence-electron chi connectivity index (χ2n) is 5.96. The minimum absolute atomic E-state index is 0.0379. The van der Waals surface area contributed by atoms with Crippen LogP contribution in [0.5, 0.6) is 0 Å². The largest absolute Gasteiger partial charge is 0.439 e. The lowest BCUT2D eigenvalue weighted by Crippen LogP contribution is -2.34.